The SMILES string of the molecule is CCCCCCCCC(C)(C)[O-].[Na+]. The number of rotatable bonds is 7. The van der Waals surface area contributed by atoms with Crippen molar-refractivity contribution in [1.82, 2.24) is 0 Å². The molecule has 0 amide bonds. The van der Waals surface area contributed by atoms with Crippen molar-refractivity contribution in [3.63, 3.8) is 0 Å². The van der Waals surface area contributed by atoms with Crippen LogP contribution in [0.1, 0.15) is 65.7 Å². The summed E-state index contributed by atoms with van der Waals surface area (Å²) in [6.07, 6.45) is 8.48. The van der Waals surface area contributed by atoms with Crippen LogP contribution in [0, 0.1) is 0 Å². The summed E-state index contributed by atoms with van der Waals surface area (Å²) < 4.78 is 0. The summed E-state index contributed by atoms with van der Waals surface area (Å²) in [5.41, 5.74) is -0.704. The first-order valence-electron chi connectivity index (χ1n) is 5.26. The summed E-state index contributed by atoms with van der Waals surface area (Å²) in [6, 6.07) is 0. The van der Waals surface area contributed by atoms with Gasteiger partial charge in [0.25, 0.3) is 0 Å². The monoisotopic (exact) mass is 194 g/mol. The van der Waals surface area contributed by atoms with E-state index in [4.69, 9.17) is 0 Å². The Balaban J connectivity index is 0. The third-order valence-electron chi connectivity index (χ3n) is 2.13. The standard InChI is InChI=1S/C11H23O.Na/c1-4-5-6-7-8-9-10-11(2,3)12;/h4-10H2,1-3H3;/q-1;+1. The van der Waals surface area contributed by atoms with Crippen molar-refractivity contribution in [2.75, 3.05) is 0 Å². The fourth-order valence-electron chi connectivity index (χ4n) is 1.33. The molecule has 0 spiro atoms. The van der Waals surface area contributed by atoms with Crippen molar-refractivity contribution in [3.8, 4) is 0 Å². The van der Waals surface area contributed by atoms with Crippen molar-refractivity contribution in [1.29, 1.82) is 0 Å². The van der Waals surface area contributed by atoms with E-state index >= 15 is 0 Å². The van der Waals surface area contributed by atoms with Crippen molar-refractivity contribution in [3.05, 3.63) is 0 Å². The Morgan fingerprint density at radius 3 is 1.85 bits per heavy atom. The van der Waals surface area contributed by atoms with Gasteiger partial charge in [0.05, 0.1) is 0 Å². The fraction of sp³-hybridized carbons (Fsp3) is 1.00. The Morgan fingerprint density at radius 2 is 1.38 bits per heavy atom. The van der Waals surface area contributed by atoms with Gasteiger partial charge >= 0.3 is 29.6 Å². The molecule has 74 valence electrons. The van der Waals surface area contributed by atoms with E-state index in [0.717, 1.165) is 12.8 Å². The van der Waals surface area contributed by atoms with Crippen LogP contribution in [-0.2, 0) is 0 Å². The Labute approximate surface area is 106 Å². The zero-order valence-corrected chi connectivity index (χ0v) is 11.9. The van der Waals surface area contributed by atoms with Crippen molar-refractivity contribution in [2.24, 2.45) is 0 Å². The van der Waals surface area contributed by atoms with Gasteiger partial charge in [0.1, 0.15) is 0 Å². The Hall–Kier alpha value is 0.960. The van der Waals surface area contributed by atoms with Crippen molar-refractivity contribution < 1.29 is 34.7 Å². The maximum absolute atomic E-state index is 11.2. The Kier molecular flexibility index (Phi) is 12.0. The van der Waals surface area contributed by atoms with E-state index < -0.39 is 5.60 Å². The van der Waals surface area contributed by atoms with Crippen LogP contribution >= 0.6 is 0 Å². The van der Waals surface area contributed by atoms with Gasteiger partial charge in [-0.15, -0.1) is 5.60 Å². The van der Waals surface area contributed by atoms with Crippen LogP contribution in [0.15, 0.2) is 0 Å². The topological polar surface area (TPSA) is 23.1 Å². The van der Waals surface area contributed by atoms with Crippen LogP contribution in [0.2, 0.25) is 0 Å². The average molecular weight is 194 g/mol. The van der Waals surface area contributed by atoms with E-state index in [2.05, 4.69) is 6.92 Å². The maximum atomic E-state index is 11.2. The molecule has 0 N–H and O–H groups in total. The quantitative estimate of drug-likeness (QED) is 0.409. The molecule has 0 rings (SSSR count). The van der Waals surface area contributed by atoms with Gasteiger partial charge in [-0.05, 0) is 0 Å². The first-order chi connectivity index (χ1) is 5.56. The smallest absolute Gasteiger partial charge is 0.850 e. The van der Waals surface area contributed by atoms with Crippen molar-refractivity contribution in [2.45, 2.75) is 71.3 Å². The molecule has 0 aliphatic heterocycles. The molecule has 0 radical (unpaired) electrons. The van der Waals surface area contributed by atoms with E-state index in [1.54, 1.807) is 13.8 Å². The van der Waals surface area contributed by atoms with E-state index in [1.165, 1.54) is 32.1 Å². The summed E-state index contributed by atoms with van der Waals surface area (Å²) in [7, 11) is 0. The molecule has 0 heterocycles. The van der Waals surface area contributed by atoms with E-state index in [-0.39, 0.29) is 29.6 Å². The third kappa shape index (κ3) is 15.7. The molecular formula is C11H23NaO. The fourth-order valence-corrected chi connectivity index (χ4v) is 1.33. The summed E-state index contributed by atoms with van der Waals surface area (Å²) >= 11 is 0. The molecule has 13 heavy (non-hydrogen) atoms. The van der Waals surface area contributed by atoms with Crippen molar-refractivity contribution >= 4 is 0 Å². The molecular weight excluding hydrogens is 171 g/mol. The van der Waals surface area contributed by atoms with Crippen LogP contribution in [0.25, 0.3) is 0 Å². The second-order valence-electron chi connectivity index (χ2n) is 4.28. The molecule has 0 saturated heterocycles. The van der Waals surface area contributed by atoms with Gasteiger partial charge in [0.2, 0.25) is 0 Å². The van der Waals surface area contributed by atoms with Crippen LogP contribution in [0.3, 0.4) is 0 Å². The van der Waals surface area contributed by atoms with Gasteiger partial charge in [-0.3, -0.25) is 0 Å². The van der Waals surface area contributed by atoms with Crippen LogP contribution in [0.4, 0.5) is 0 Å². The second-order valence-corrected chi connectivity index (χ2v) is 4.28. The first kappa shape index (κ1) is 16.4. The summed E-state index contributed by atoms with van der Waals surface area (Å²) in [5.74, 6) is 0. The van der Waals surface area contributed by atoms with Crippen LogP contribution in [0.5, 0.6) is 0 Å². The molecule has 0 saturated carbocycles. The average Bonchev–Trinajstić information content (AvgIpc) is 1.94. The Bertz CT molecular complexity index is 96.8. The van der Waals surface area contributed by atoms with E-state index in [1.807, 2.05) is 0 Å². The summed E-state index contributed by atoms with van der Waals surface area (Å²) in [6.45, 7) is 5.78. The van der Waals surface area contributed by atoms with Crippen LogP contribution < -0.4 is 34.7 Å². The van der Waals surface area contributed by atoms with E-state index in [0.29, 0.717) is 0 Å². The van der Waals surface area contributed by atoms with Gasteiger partial charge in [-0.25, -0.2) is 0 Å². The second kappa shape index (κ2) is 9.51. The minimum absolute atomic E-state index is 0. The third-order valence-corrected chi connectivity index (χ3v) is 2.13. The van der Waals surface area contributed by atoms with Gasteiger partial charge in [0.15, 0.2) is 0 Å². The van der Waals surface area contributed by atoms with Gasteiger partial charge in [0, 0.05) is 0 Å². The molecule has 1 nitrogen and oxygen atoms in total. The molecule has 0 aliphatic rings. The minimum atomic E-state index is -0.704. The summed E-state index contributed by atoms with van der Waals surface area (Å²) in [4.78, 5) is 0. The molecule has 0 aliphatic carbocycles. The molecule has 0 unspecified atom stereocenters. The summed E-state index contributed by atoms with van der Waals surface area (Å²) in [5, 5.41) is 11.2. The van der Waals surface area contributed by atoms with E-state index in [9.17, 15) is 5.11 Å². The zero-order valence-electron chi connectivity index (χ0n) is 9.86. The maximum Gasteiger partial charge on any atom is 1.00 e. The van der Waals surface area contributed by atoms with Gasteiger partial charge < -0.3 is 5.11 Å². The molecule has 0 bridgehead atoms. The largest absolute Gasteiger partial charge is 1.00 e. The Morgan fingerprint density at radius 1 is 0.923 bits per heavy atom. The minimum Gasteiger partial charge on any atom is -0.850 e. The molecule has 0 aromatic carbocycles. The predicted molar refractivity (Wildman–Crippen MR) is 52.1 cm³/mol. The molecule has 0 aromatic rings. The molecule has 0 fully saturated rings. The molecule has 2 heteroatoms. The predicted octanol–water partition coefficient (Wildman–Crippen LogP) is -0.120. The molecule has 0 atom stereocenters. The molecule has 0 aromatic heterocycles. The number of hydrogen-bond donors (Lipinski definition) is 0. The van der Waals surface area contributed by atoms with Gasteiger partial charge in [-0.1, -0.05) is 65.7 Å². The first-order valence-corrected chi connectivity index (χ1v) is 5.26. The number of hydrogen-bond acceptors (Lipinski definition) is 1. The van der Waals surface area contributed by atoms with Crippen LogP contribution in [-0.4, -0.2) is 5.60 Å². The number of unbranched alkanes of at least 4 members (excludes halogenated alkanes) is 5. The normalized spacial score (nSPS) is 11.1. The van der Waals surface area contributed by atoms with Gasteiger partial charge in [-0.2, -0.15) is 0 Å². The zero-order chi connectivity index (χ0) is 9.45.